The fraction of sp³-hybridized carbons (Fsp3) is 0.300. The van der Waals surface area contributed by atoms with Crippen molar-refractivity contribution < 1.29 is 8.83 Å². The van der Waals surface area contributed by atoms with Gasteiger partial charge >= 0.3 is 0 Å². The summed E-state index contributed by atoms with van der Waals surface area (Å²) in [5, 5.41) is 0. The summed E-state index contributed by atoms with van der Waals surface area (Å²) in [4.78, 5) is 2.03. The van der Waals surface area contributed by atoms with Crippen LogP contribution in [0.2, 0.25) is 0 Å². The van der Waals surface area contributed by atoms with Gasteiger partial charge in [0.2, 0.25) is 5.88 Å². The number of hydrogen-bond donors (Lipinski definition) is 0. The zero-order valence-electron chi connectivity index (χ0n) is 14.0. The SMILES string of the molecule is CCCCc1c(-c2ccco2)oc(N(C)C)c1-c1ccccc1. The molecule has 3 nitrogen and oxygen atoms in total. The van der Waals surface area contributed by atoms with Crippen molar-refractivity contribution in [3.05, 3.63) is 54.3 Å². The van der Waals surface area contributed by atoms with Gasteiger partial charge < -0.3 is 13.7 Å². The highest BCUT2D eigenvalue weighted by Gasteiger charge is 2.24. The molecule has 0 atom stereocenters. The molecule has 0 aliphatic carbocycles. The number of furan rings is 2. The lowest BCUT2D eigenvalue weighted by Crippen LogP contribution is -2.08. The minimum absolute atomic E-state index is 0.793. The van der Waals surface area contributed by atoms with Crippen LogP contribution in [0.1, 0.15) is 25.3 Å². The number of anilines is 1. The van der Waals surface area contributed by atoms with Crippen LogP contribution in [0, 0.1) is 0 Å². The van der Waals surface area contributed by atoms with Gasteiger partial charge in [0.15, 0.2) is 11.5 Å². The molecule has 0 bridgehead atoms. The molecule has 0 aliphatic heterocycles. The molecule has 2 heterocycles. The maximum Gasteiger partial charge on any atom is 0.204 e. The molecule has 3 rings (SSSR count). The van der Waals surface area contributed by atoms with Crippen molar-refractivity contribution in [3.63, 3.8) is 0 Å². The van der Waals surface area contributed by atoms with Crippen LogP contribution in [0.5, 0.6) is 0 Å². The normalized spacial score (nSPS) is 10.9. The minimum atomic E-state index is 0.793. The Morgan fingerprint density at radius 2 is 1.78 bits per heavy atom. The first-order chi connectivity index (χ1) is 11.2. The van der Waals surface area contributed by atoms with Gasteiger partial charge in [0.05, 0.1) is 6.26 Å². The molecule has 3 heteroatoms. The van der Waals surface area contributed by atoms with E-state index >= 15 is 0 Å². The first-order valence-electron chi connectivity index (χ1n) is 8.14. The molecule has 2 aromatic heterocycles. The zero-order valence-corrected chi connectivity index (χ0v) is 14.0. The molecule has 0 saturated carbocycles. The molecule has 0 aliphatic rings. The maximum atomic E-state index is 6.24. The summed E-state index contributed by atoms with van der Waals surface area (Å²) in [7, 11) is 4.03. The summed E-state index contributed by atoms with van der Waals surface area (Å²) < 4.78 is 11.8. The van der Waals surface area contributed by atoms with Crippen LogP contribution in [-0.2, 0) is 6.42 Å². The smallest absolute Gasteiger partial charge is 0.204 e. The first kappa shape index (κ1) is 15.5. The van der Waals surface area contributed by atoms with Crippen LogP contribution >= 0.6 is 0 Å². The van der Waals surface area contributed by atoms with E-state index in [1.54, 1.807) is 6.26 Å². The Morgan fingerprint density at radius 1 is 1.00 bits per heavy atom. The van der Waals surface area contributed by atoms with Gasteiger partial charge in [-0.2, -0.15) is 0 Å². The van der Waals surface area contributed by atoms with Crippen LogP contribution < -0.4 is 4.90 Å². The molecule has 0 radical (unpaired) electrons. The third-order valence-corrected chi connectivity index (χ3v) is 3.98. The average Bonchev–Trinajstić information content (AvgIpc) is 3.20. The Labute approximate surface area is 137 Å². The van der Waals surface area contributed by atoms with Gasteiger partial charge in [-0.05, 0) is 30.5 Å². The van der Waals surface area contributed by atoms with Crippen LogP contribution in [0.25, 0.3) is 22.6 Å². The molecule has 3 aromatic rings. The zero-order chi connectivity index (χ0) is 16.2. The molecule has 120 valence electrons. The number of hydrogen-bond acceptors (Lipinski definition) is 3. The Balaban J connectivity index is 2.22. The second kappa shape index (κ2) is 6.78. The summed E-state index contributed by atoms with van der Waals surface area (Å²) >= 11 is 0. The third-order valence-electron chi connectivity index (χ3n) is 3.98. The highest BCUT2D eigenvalue weighted by Crippen LogP contribution is 2.43. The quantitative estimate of drug-likeness (QED) is 0.592. The first-order valence-corrected chi connectivity index (χ1v) is 8.14. The van der Waals surface area contributed by atoms with E-state index in [9.17, 15) is 0 Å². The second-order valence-electron chi connectivity index (χ2n) is 5.93. The van der Waals surface area contributed by atoms with Crippen LogP contribution in [0.4, 0.5) is 5.88 Å². The van der Waals surface area contributed by atoms with E-state index in [2.05, 4.69) is 31.2 Å². The van der Waals surface area contributed by atoms with Crippen molar-refractivity contribution in [3.8, 4) is 22.6 Å². The number of nitrogens with zero attached hydrogens (tertiary/aromatic N) is 1. The molecule has 0 N–H and O–H groups in total. The van der Waals surface area contributed by atoms with Gasteiger partial charge in [-0.1, -0.05) is 43.7 Å². The highest BCUT2D eigenvalue weighted by atomic mass is 16.4. The Morgan fingerprint density at radius 3 is 2.39 bits per heavy atom. The van der Waals surface area contributed by atoms with Gasteiger partial charge in [0.25, 0.3) is 0 Å². The van der Waals surface area contributed by atoms with Crippen molar-refractivity contribution in [2.75, 3.05) is 19.0 Å². The van der Waals surface area contributed by atoms with Crippen LogP contribution in [-0.4, -0.2) is 14.1 Å². The predicted octanol–water partition coefficient (Wildman–Crippen LogP) is 5.62. The lowest BCUT2D eigenvalue weighted by atomic mass is 9.97. The number of benzene rings is 1. The molecule has 0 amide bonds. The molecule has 0 spiro atoms. The van der Waals surface area contributed by atoms with Gasteiger partial charge in [0, 0.05) is 25.2 Å². The summed E-state index contributed by atoms with van der Waals surface area (Å²) in [6, 6.07) is 14.3. The minimum Gasteiger partial charge on any atom is -0.461 e. The largest absolute Gasteiger partial charge is 0.461 e. The van der Waals surface area contributed by atoms with E-state index in [4.69, 9.17) is 8.83 Å². The van der Waals surface area contributed by atoms with Gasteiger partial charge in [-0.3, -0.25) is 0 Å². The second-order valence-corrected chi connectivity index (χ2v) is 5.93. The van der Waals surface area contributed by atoms with Gasteiger partial charge in [-0.25, -0.2) is 0 Å². The van der Waals surface area contributed by atoms with E-state index in [0.717, 1.165) is 36.7 Å². The lowest BCUT2D eigenvalue weighted by Gasteiger charge is -2.12. The molecule has 0 unspecified atom stereocenters. The molecule has 0 saturated heterocycles. The fourth-order valence-corrected chi connectivity index (χ4v) is 2.87. The van der Waals surface area contributed by atoms with Crippen LogP contribution in [0.3, 0.4) is 0 Å². The van der Waals surface area contributed by atoms with E-state index in [1.807, 2.05) is 37.2 Å². The molecule has 23 heavy (non-hydrogen) atoms. The maximum absolute atomic E-state index is 6.24. The molecule has 0 fully saturated rings. The number of rotatable bonds is 6. The van der Waals surface area contributed by atoms with Crippen molar-refractivity contribution in [2.45, 2.75) is 26.2 Å². The monoisotopic (exact) mass is 309 g/mol. The third kappa shape index (κ3) is 3.04. The summed E-state index contributed by atoms with van der Waals surface area (Å²) in [6.07, 6.45) is 4.95. The van der Waals surface area contributed by atoms with E-state index < -0.39 is 0 Å². The Hall–Kier alpha value is -2.42. The topological polar surface area (TPSA) is 29.5 Å². The van der Waals surface area contributed by atoms with E-state index in [-0.39, 0.29) is 0 Å². The summed E-state index contributed by atoms with van der Waals surface area (Å²) in [5.41, 5.74) is 3.59. The van der Waals surface area contributed by atoms with Crippen LogP contribution in [0.15, 0.2) is 57.6 Å². The van der Waals surface area contributed by atoms with Crippen molar-refractivity contribution >= 4 is 5.88 Å². The summed E-state index contributed by atoms with van der Waals surface area (Å²) in [5.74, 6) is 2.53. The fourth-order valence-electron chi connectivity index (χ4n) is 2.87. The summed E-state index contributed by atoms with van der Waals surface area (Å²) in [6.45, 7) is 2.21. The highest BCUT2D eigenvalue weighted by molar-refractivity contribution is 5.83. The Kier molecular flexibility index (Phi) is 4.56. The lowest BCUT2D eigenvalue weighted by molar-refractivity contribution is 0.522. The van der Waals surface area contributed by atoms with Crippen molar-refractivity contribution in [1.82, 2.24) is 0 Å². The van der Waals surface area contributed by atoms with E-state index in [1.165, 1.54) is 16.7 Å². The Bertz CT molecular complexity index is 740. The van der Waals surface area contributed by atoms with Gasteiger partial charge in [-0.15, -0.1) is 0 Å². The predicted molar refractivity (Wildman–Crippen MR) is 94.8 cm³/mol. The molecule has 1 aromatic carbocycles. The molecular formula is C20H23NO2. The standard InChI is InChI=1S/C20H23NO2/c1-4-5-12-16-18(15-10-7-6-8-11-15)20(21(2)3)23-19(16)17-13-9-14-22-17/h6-11,13-14H,4-5,12H2,1-3H3. The average molecular weight is 309 g/mol. The van der Waals surface area contributed by atoms with Crippen molar-refractivity contribution in [1.29, 1.82) is 0 Å². The van der Waals surface area contributed by atoms with E-state index in [0.29, 0.717) is 0 Å². The van der Waals surface area contributed by atoms with Crippen molar-refractivity contribution in [2.24, 2.45) is 0 Å². The number of unbranched alkanes of at least 4 members (excludes halogenated alkanes) is 1. The van der Waals surface area contributed by atoms with Gasteiger partial charge in [0.1, 0.15) is 0 Å². The molecular weight excluding hydrogens is 286 g/mol.